The van der Waals surface area contributed by atoms with Crippen LogP contribution in [-0.4, -0.2) is 26.3 Å². The highest BCUT2D eigenvalue weighted by Gasteiger charge is 2.33. The molecule has 1 heterocycles. The molecule has 0 radical (unpaired) electrons. The molecule has 0 aliphatic carbocycles. The van der Waals surface area contributed by atoms with E-state index in [9.17, 15) is 8.42 Å². The van der Waals surface area contributed by atoms with Gasteiger partial charge in [-0.15, -0.1) is 0 Å². The van der Waals surface area contributed by atoms with Gasteiger partial charge in [0, 0.05) is 10.2 Å². The third-order valence-corrected chi connectivity index (χ3v) is 5.82. The number of sulfonamides is 1. The second-order valence-electron chi connectivity index (χ2n) is 4.95. The number of hydrogen-bond acceptors (Lipinski definition) is 3. The first-order chi connectivity index (χ1) is 8.90. The maximum absolute atomic E-state index is 11.9. The van der Waals surface area contributed by atoms with Crippen LogP contribution in [0.5, 0.6) is 0 Å². The Bertz CT molecular complexity index is 527. The van der Waals surface area contributed by atoms with E-state index in [-0.39, 0.29) is 12.1 Å². The third-order valence-electron chi connectivity index (χ3n) is 3.23. The summed E-state index contributed by atoms with van der Waals surface area (Å²) in [6, 6.07) is 7.83. The molecule has 1 aromatic rings. The molecule has 106 valence electrons. The highest BCUT2D eigenvalue weighted by Crippen LogP contribution is 2.30. The Morgan fingerprint density at radius 2 is 1.95 bits per heavy atom. The summed E-state index contributed by atoms with van der Waals surface area (Å²) in [6.07, 6.45) is 0.522. The summed E-state index contributed by atoms with van der Waals surface area (Å²) in [5, 5.41) is -0.425. The molecule has 0 bridgehead atoms. The van der Waals surface area contributed by atoms with Crippen molar-refractivity contribution in [2.45, 2.75) is 37.7 Å². The lowest BCUT2D eigenvalue weighted by molar-refractivity contribution is 0.102. The second-order valence-corrected chi connectivity index (χ2v) is 8.46. The van der Waals surface area contributed by atoms with Crippen LogP contribution < -0.4 is 4.72 Å². The third kappa shape index (κ3) is 3.68. The smallest absolute Gasteiger partial charge is 0.214 e. The summed E-state index contributed by atoms with van der Waals surface area (Å²) >= 11 is 2.24. The minimum absolute atomic E-state index is 0.174. The van der Waals surface area contributed by atoms with Crippen molar-refractivity contribution in [1.82, 2.24) is 4.72 Å². The van der Waals surface area contributed by atoms with E-state index < -0.39 is 15.3 Å². The van der Waals surface area contributed by atoms with Gasteiger partial charge in [-0.1, -0.05) is 12.1 Å². The number of ether oxygens (including phenoxy) is 1. The van der Waals surface area contributed by atoms with E-state index in [1.54, 1.807) is 13.8 Å². The Morgan fingerprint density at radius 3 is 2.53 bits per heavy atom. The van der Waals surface area contributed by atoms with Gasteiger partial charge in [-0.05, 0) is 60.6 Å². The average Bonchev–Trinajstić information content (AvgIpc) is 2.77. The van der Waals surface area contributed by atoms with Crippen LogP contribution in [0.1, 0.15) is 31.9 Å². The van der Waals surface area contributed by atoms with E-state index in [1.807, 2.05) is 24.3 Å². The van der Waals surface area contributed by atoms with Gasteiger partial charge in [-0.25, -0.2) is 13.1 Å². The molecule has 19 heavy (non-hydrogen) atoms. The van der Waals surface area contributed by atoms with E-state index in [0.717, 1.165) is 9.13 Å². The first-order valence-corrected chi connectivity index (χ1v) is 8.91. The van der Waals surface area contributed by atoms with Gasteiger partial charge >= 0.3 is 0 Å². The lowest BCUT2D eigenvalue weighted by Gasteiger charge is -2.21. The number of rotatable bonds is 4. The molecule has 2 atom stereocenters. The van der Waals surface area contributed by atoms with Crippen LogP contribution >= 0.6 is 22.6 Å². The quantitative estimate of drug-likeness (QED) is 0.797. The summed E-state index contributed by atoms with van der Waals surface area (Å²) < 4.78 is 33.5. The number of hydrogen-bond donors (Lipinski definition) is 1. The maximum Gasteiger partial charge on any atom is 0.214 e. The van der Waals surface area contributed by atoms with Crippen molar-refractivity contribution in [1.29, 1.82) is 0 Å². The van der Waals surface area contributed by atoms with Crippen LogP contribution in [0, 0.1) is 3.57 Å². The fourth-order valence-electron chi connectivity index (χ4n) is 2.04. The van der Waals surface area contributed by atoms with Crippen LogP contribution in [0.2, 0.25) is 0 Å². The molecular weight excluding hydrogens is 377 g/mol. The van der Waals surface area contributed by atoms with Crippen molar-refractivity contribution in [3.63, 3.8) is 0 Å². The second kappa shape index (κ2) is 6.07. The minimum atomic E-state index is -3.26. The zero-order valence-corrected chi connectivity index (χ0v) is 13.9. The summed E-state index contributed by atoms with van der Waals surface area (Å²) in [7, 11) is -3.26. The van der Waals surface area contributed by atoms with E-state index in [2.05, 4.69) is 27.3 Å². The van der Waals surface area contributed by atoms with Crippen molar-refractivity contribution in [2.24, 2.45) is 0 Å². The van der Waals surface area contributed by atoms with Crippen LogP contribution in [0.3, 0.4) is 0 Å². The molecule has 1 N–H and O–H groups in total. The summed E-state index contributed by atoms with van der Waals surface area (Å²) in [6.45, 7) is 3.94. The van der Waals surface area contributed by atoms with E-state index in [0.29, 0.717) is 13.0 Å². The molecule has 4 nitrogen and oxygen atoms in total. The molecule has 1 aromatic carbocycles. The predicted octanol–water partition coefficient (Wildman–Crippen LogP) is 2.45. The van der Waals surface area contributed by atoms with E-state index in [4.69, 9.17) is 4.74 Å². The summed E-state index contributed by atoms with van der Waals surface area (Å²) in [4.78, 5) is 0. The van der Waals surface area contributed by atoms with Gasteiger partial charge in [0.1, 0.15) is 0 Å². The monoisotopic (exact) mass is 395 g/mol. The highest BCUT2D eigenvalue weighted by atomic mass is 127. The lowest BCUT2D eigenvalue weighted by atomic mass is 10.0. The van der Waals surface area contributed by atoms with Gasteiger partial charge in [0.25, 0.3) is 0 Å². The molecule has 1 saturated heterocycles. The Hall–Kier alpha value is -0.180. The molecule has 0 saturated carbocycles. The molecule has 1 aliphatic rings. The maximum atomic E-state index is 11.9. The zero-order chi connectivity index (χ0) is 14.0. The molecule has 0 aromatic heterocycles. The highest BCUT2D eigenvalue weighted by molar-refractivity contribution is 14.1. The van der Waals surface area contributed by atoms with Crippen LogP contribution in [0.25, 0.3) is 0 Å². The molecule has 1 aliphatic heterocycles. The molecular formula is C13H18INO3S. The Morgan fingerprint density at radius 1 is 1.32 bits per heavy atom. The van der Waals surface area contributed by atoms with E-state index in [1.165, 1.54) is 0 Å². The van der Waals surface area contributed by atoms with Gasteiger partial charge in [0.15, 0.2) is 0 Å². The van der Waals surface area contributed by atoms with Gasteiger partial charge in [0.2, 0.25) is 10.0 Å². The van der Waals surface area contributed by atoms with Gasteiger partial charge < -0.3 is 4.74 Å². The summed E-state index contributed by atoms with van der Waals surface area (Å²) in [5.41, 5.74) is 1.02. The largest absolute Gasteiger partial charge is 0.372 e. The minimum Gasteiger partial charge on any atom is -0.372 e. The molecule has 2 rings (SSSR count). The number of halogens is 1. The Balaban J connectivity index is 2.15. The van der Waals surface area contributed by atoms with Gasteiger partial charge in [-0.3, -0.25) is 0 Å². The standard InChI is InChI=1S/C13H18INO3S/c1-9(2)19(16,17)15-12-7-8-18-13(12)10-3-5-11(14)6-4-10/h3-6,9,12-13,15H,7-8H2,1-2H3. The van der Waals surface area contributed by atoms with Crippen LogP contribution in [0.15, 0.2) is 24.3 Å². The van der Waals surface area contributed by atoms with Crippen LogP contribution in [0.4, 0.5) is 0 Å². The first kappa shape index (κ1) is 15.2. The fourth-order valence-corrected chi connectivity index (χ4v) is 3.33. The van der Waals surface area contributed by atoms with E-state index >= 15 is 0 Å². The van der Waals surface area contributed by atoms with Crippen molar-refractivity contribution in [3.8, 4) is 0 Å². The Labute approximate surface area is 128 Å². The van der Waals surface area contributed by atoms with Gasteiger partial charge in [-0.2, -0.15) is 0 Å². The molecule has 1 fully saturated rings. The SMILES string of the molecule is CC(C)S(=O)(=O)NC1CCOC1c1ccc(I)cc1. The van der Waals surface area contributed by atoms with Crippen LogP contribution in [-0.2, 0) is 14.8 Å². The predicted molar refractivity (Wildman–Crippen MR) is 83.4 cm³/mol. The molecule has 0 spiro atoms. The Kier molecular flexibility index (Phi) is 4.86. The zero-order valence-electron chi connectivity index (χ0n) is 11.0. The average molecular weight is 395 g/mol. The first-order valence-electron chi connectivity index (χ1n) is 6.28. The molecule has 6 heteroatoms. The fraction of sp³-hybridized carbons (Fsp3) is 0.538. The van der Waals surface area contributed by atoms with Gasteiger partial charge in [0.05, 0.1) is 17.4 Å². The topological polar surface area (TPSA) is 55.4 Å². The summed E-state index contributed by atoms with van der Waals surface area (Å²) in [5.74, 6) is 0. The molecule has 0 amide bonds. The van der Waals surface area contributed by atoms with Crippen molar-refractivity contribution in [2.75, 3.05) is 6.61 Å². The van der Waals surface area contributed by atoms with Crippen molar-refractivity contribution >= 4 is 32.6 Å². The lowest BCUT2D eigenvalue weighted by Crippen LogP contribution is -2.40. The number of nitrogens with one attached hydrogen (secondary N) is 1. The molecule has 2 unspecified atom stereocenters. The van der Waals surface area contributed by atoms with Crippen molar-refractivity contribution in [3.05, 3.63) is 33.4 Å². The van der Waals surface area contributed by atoms with Crippen molar-refractivity contribution < 1.29 is 13.2 Å². The normalized spacial score (nSPS) is 24.0. The number of benzene rings is 1.